The molecule has 12 nitrogen and oxygen atoms in total. The molecule has 6 atom stereocenters. The topological polar surface area (TPSA) is 155 Å². The molecule has 5 saturated carbocycles. The van der Waals surface area contributed by atoms with Crippen molar-refractivity contribution >= 4 is 66.2 Å². The predicted octanol–water partition coefficient (Wildman–Crippen LogP) is 28.5. The van der Waals surface area contributed by atoms with Crippen molar-refractivity contribution in [2.45, 2.75) is 171 Å². The van der Waals surface area contributed by atoms with Gasteiger partial charge in [0.25, 0.3) is 0 Å². The zero-order valence-electron chi connectivity index (χ0n) is 93.1. The van der Waals surface area contributed by atoms with Crippen LogP contribution in [0.1, 0.15) is 200 Å². The third-order valence-electron chi connectivity index (χ3n) is 24.5. The summed E-state index contributed by atoms with van der Waals surface area (Å²) in [6.45, 7) is -2.54. The number of aryl methyl sites for hydroxylation is 9. The van der Waals surface area contributed by atoms with Gasteiger partial charge in [0.1, 0.15) is 0 Å². The molecule has 128 heavy (non-hydrogen) atoms. The second-order valence-corrected chi connectivity index (χ2v) is 33.9. The molecular weight excluding hydrogens is 2110 g/mol. The van der Waals surface area contributed by atoms with Crippen LogP contribution in [0.25, 0.3) is 134 Å². The Hall–Kier alpha value is -11.0. The molecule has 0 aliphatic heterocycles. The van der Waals surface area contributed by atoms with Crippen LogP contribution in [-0.4, -0.2) is 44.9 Å². The minimum atomic E-state index is -2.18. The Balaban J connectivity index is 0.000000135. The number of fused-ring (bicyclic) bond motifs is 13. The van der Waals surface area contributed by atoms with Crippen molar-refractivity contribution in [1.82, 2.24) is 44.9 Å². The first kappa shape index (κ1) is 67.3. The van der Waals surface area contributed by atoms with Crippen molar-refractivity contribution in [3.05, 3.63) is 341 Å². The van der Waals surface area contributed by atoms with E-state index in [0.29, 0.717) is 90.9 Å². The number of hydrogen-bond donors (Lipinski definition) is 0. The Morgan fingerprint density at radius 1 is 0.375 bits per heavy atom. The largest absolute Gasteiger partial charge is 0.486 e. The van der Waals surface area contributed by atoms with Crippen molar-refractivity contribution in [3.63, 3.8) is 0 Å². The van der Waals surface area contributed by atoms with Gasteiger partial charge in [0, 0.05) is 161 Å². The summed E-state index contributed by atoms with van der Waals surface area (Å²) in [6, 6.07) is 77.0. The van der Waals surface area contributed by atoms with Crippen LogP contribution in [0.2, 0.25) is 0 Å². The average molecular weight is 2240 g/mol. The van der Waals surface area contributed by atoms with Gasteiger partial charge >= 0.3 is 0 Å². The van der Waals surface area contributed by atoms with Gasteiger partial charge in [0.15, 0.2) is 0 Å². The Kier molecular flexibility index (Phi) is 21.4. The molecule has 5 fully saturated rings. The van der Waals surface area contributed by atoms with Crippen LogP contribution in [0, 0.1) is 133 Å². The number of aromatic nitrogens is 9. The SMILES string of the molecule is [2H]C([2H])([2H])c1c[c-]c(-c2ccc(C([2H])([2H])[2H])cn2)cc1.[2H]C([2H])([2H])c1c[c-]c(-c2ccc(C([2H])([2H])[2H])cn2)cc1.[2H]C([2H])([2H])c1c[c-]c(-c2ccc(C([2H])([2H])[2H])cn2)cc1.[2H]C([2H])(c1ccnc(-c2[c-]ccc3c2oc2nc(C)ccc23)c1)C1CC2CCC1C2.[2H]C1(c2ccnc(-c3[c-]ccc4c3oc3nc(C)ccc34)c2)CC2CCC1C2.[2H]C1(c2ccnc(-c3[c-]ccc4c3oc3nc(C)ccc34)c2)CCC(C)(C)CC1.[Ir].[Ir].[Ir]. The molecule has 0 saturated heterocycles. The molecule has 4 bridgehead atoms. The summed E-state index contributed by atoms with van der Waals surface area (Å²) < 4.78 is 185. The van der Waals surface area contributed by atoms with Gasteiger partial charge in [-0.1, -0.05) is 151 Å². The van der Waals surface area contributed by atoms with Crippen LogP contribution in [0.4, 0.5) is 0 Å². The third-order valence-corrected chi connectivity index (χ3v) is 24.5. The first-order valence-corrected chi connectivity index (χ1v) is 42.5. The third kappa shape index (κ3) is 21.1. The smallest absolute Gasteiger partial charge is 0.216 e. The Labute approximate surface area is 824 Å². The van der Waals surface area contributed by atoms with Crippen LogP contribution < -0.4 is 0 Å². The summed E-state index contributed by atoms with van der Waals surface area (Å²) in [4.78, 5) is 39.6. The fourth-order valence-corrected chi connectivity index (χ4v) is 17.9. The van der Waals surface area contributed by atoms with E-state index in [0.717, 1.165) is 144 Å². The number of nitrogens with zero attached hydrogens (tertiary/aromatic N) is 9. The molecule has 5 aliphatic rings. The number of furan rings is 3. The van der Waals surface area contributed by atoms with Gasteiger partial charge < -0.3 is 43.2 Å². The summed E-state index contributed by atoms with van der Waals surface area (Å²) in [7, 11) is 0. The van der Waals surface area contributed by atoms with Gasteiger partial charge in [0.05, 0.1) is 16.7 Å². The van der Waals surface area contributed by atoms with E-state index in [-0.39, 0.29) is 99.6 Å². The summed E-state index contributed by atoms with van der Waals surface area (Å²) in [5, 5.41) is 6.02. The second kappa shape index (κ2) is 40.8. The summed E-state index contributed by atoms with van der Waals surface area (Å²) >= 11 is 0. The Bertz CT molecular complexity index is 7390. The molecule has 0 amide bonds. The Morgan fingerprint density at radius 2 is 0.766 bits per heavy atom. The standard InChI is InChI=1S/C25H23N2O.C25H25N2O.C24H21N2O.3C13H12N.3Ir/c1-15-5-8-21-20-3-2-4-22(24(20)28-25(21)27-15)23-14-17(9-10-26-23)13-19-12-16-6-7-18(19)11-16;1-16-7-8-20-19-5-4-6-21(23(19)28-24(20)27-16)22-15-18(11-14-26-22)17-9-12-25(2,3)13-10-17;1-14-5-8-19-18-3-2-4-20(23(18)27-24(19)26-14)22-13-17(9-10-25-22)21-12-15-6-7-16(21)11-15;3*1-10-3-6-12(7-4-10)13-8-5-11(2)9-14-13;;;/h2-3,5,8-10,14,16,18-19H,6-7,11-13H2,1H3;4-5,7-8,11,14-15,17H,9-10,12-13H2,1-3H3;2-3,5,8-10,13,15-16,21H,6-7,11-12H2,1H3;3*3-6,8-9H,1-2H3;;;/q6*-1;;;/i13D2;17D;21D;3*1D3,2D3;;;. The normalized spacial score (nSPS) is 21.5. The molecule has 0 N–H and O–H groups in total. The molecule has 12 aromatic heterocycles. The van der Waals surface area contributed by atoms with Crippen LogP contribution in [-0.2, 0) is 66.7 Å². The van der Waals surface area contributed by atoms with Gasteiger partial charge in [-0.05, 0) is 264 Å². The van der Waals surface area contributed by atoms with Gasteiger partial charge in [-0.2, -0.15) is 0 Å². The summed E-state index contributed by atoms with van der Waals surface area (Å²) in [5.41, 5.74) is 19.5. The van der Waals surface area contributed by atoms with E-state index in [9.17, 15) is 1.37 Å². The van der Waals surface area contributed by atoms with E-state index in [1.807, 2.05) is 118 Å². The Morgan fingerprint density at radius 3 is 1.13 bits per heavy atom. The van der Waals surface area contributed by atoms with E-state index in [2.05, 4.69) is 119 Å². The maximum Gasteiger partial charge on any atom is 0.216 e. The van der Waals surface area contributed by atoms with Crippen LogP contribution in [0.15, 0.2) is 251 Å². The minimum Gasteiger partial charge on any atom is -0.486 e. The second-order valence-electron chi connectivity index (χ2n) is 33.9. The van der Waals surface area contributed by atoms with E-state index in [1.54, 1.807) is 42.6 Å². The molecular formula is C113H105Ir3N9O3-6. The molecule has 3 radical (unpaired) electrons. The van der Waals surface area contributed by atoms with Crippen molar-refractivity contribution in [3.8, 4) is 67.5 Å². The number of rotatable bonds is 10. The van der Waals surface area contributed by atoms with E-state index >= 15 is 0 Å². The summed E-state index contributed by atoms with van der Waals surface area (Å²) in [5.74, 6) is 1.51. The van der Waals surface area contributed by atoms with Crippen molar-refractivity contribution < 1.29 is 104 Å². The quantitative estimate of drug-likeness (QED) is 0.120. The molecule has 18 aromatic rings. The zero-order chi connectivity index (χ0) is 104. The number of pyridine rings is 9. The molecule has 0 spiro atoms. The van der Waals surface area contributed by atoms with Crippen LogP contribution in [0.3, 0.4) is 0 Å². The van der Waals surface area contributed by atoms with Crippen LogP contribution in [0.5, 0.6) is 0 Å². The van der Waals surface area contributed by atoms with Crippen LogP contribution >= 0.6 is 0 Å². The maximum absolute atomic E-state index is 9.17. The van der Waals surface area contributed by atoms with E-state index in [1.165, 1.54) is 112 Å². The van der Waals surface area contributed by atoms with Crippen molar-refractivity contribution in [1.29, 1.82) is 0 Å². The molecule has 653 valence electrons. The monoisotopic (exact) mass is 2240 g/mol. The molecule has 23 rings (SSSR count). The molecule has 12 heterocycles. The maximum atomic E-state index is 9.17. The van der Waals surface area contributed by atoms with Crippen molar-refractivity contribution in [2.24, 2.45) is 35.0 Å². The van der Waals surface area contributed by atoms with E-state index in [4.69, 9.17) is 42.0 Å². The van der Waals surface area contributed by atoms with Crippen molar-refractivity contribution in [2.75, 3.05) is 0 Å². The van der Waals surface area contributed by atoms with Gasteiger partial charge in [-0.25, -0.2) is 15.0 Å². The first-order valence-electron chi connectivity index (χ1n) is 53.5. The van der Waals surface area contributed by atoms with E-state index < -0.39 is 59.3 Å². The fourth-order valence-electron chi connectivity index (χ4n) is 17.9. The van der Waals surface area contributed by atoms with Gasteiger partial charge in [-0.3, -0.25) is 0 Å². The van der Waals surface area contributed by atoms with Gasteiger partial charge in [0.2, 0.25) is 17.1 Å². The molecule has 5 aliphatic carbocycles. The summed E-state index contributed by atoms with van der Waals surface area (Å²) in [6.07, 6.45) is 21.1. The predicted molar refractivity (Wildman–Crippen MR) is 505 cm³/mol. The zero-order valence-corrected chi connectivity index (χ0v) is 78.3. The average Bonchev–Trinajstić information content (AvgIpc) is 1.54. The fraction of sp³-hybridized carbons (Fsp3) is 0.283. The first-order chi connectivity index (χ1) is 69.5. The van der Waals surface area contributed by atoms with Gasteiger partial charge in [-0.15, -0.1) is 161 Å². The number of benzene rings is 6. The molecule has 6 unspecified atom stereocenters. The molecule has 15 heteroatoms. The molecule has 6 aromatic carbocycles. The number of hydrogen-bond acceptors (Lipinski definition) is 12. The minimum absolute atomic E-state index is 0.